The molecule has 0 aliphatic heterocycles. The SMILES string of the molecule is C=C\C=C/C(=C\C(C)=N/C=C\C)C(C)=O. The minimum Gasteiger partial charge on any atom is -0.295 e. The molecule has 0 bridgehead atoms. The lowest BCUT2D eigenvalue weighted by Gasteiger charge is -1.95. The van der Waals surface area contributed by atoms with Gasteiger partial charge in [0.15, 0.2) is 5.78 Å². The predicted octanol–water partition coefficient (Wildman–Crippen LogP) is 3.24. The molecule has 2 nitrogen and oxygen atoms in total. The summed E-state index contributed by atoms with van der Waals surface area (Å²) in [4.78, 5) is 15.4. The Balaban J connectivity index is 4.90. The van der Waals surface area contributed by atoms with Crippen molar-refractivity contribution in [3.8, 4) is 0 Å². The molecule has 0 fully saturated rings. The number of aliphatic imine (C=N–C) groups is 1. The monoisotopic (exact) mass is 203 g/mol. The average Bonchev–Trinajstić information content (AvgIpc) is 2.20. The highest BCUT2D eigenvalue weighted by Gasteiger charge is 1.98. The van der Waals surface area contributed by atoms with E-state index in [1.54, 1.807) is 30.5 Å². The number of hydrogen-bond donors (Lipinski definition) is 0. The van der Waals surface area contributed by atoms with Crippen molar-refractivity contribution in [1.29, 1.82) is 0 Å². The van der Waals surface area contributed by atoms with E-state index in [0.717, 1.165) is 5.71 Å². The first kappa shape index (κ1) is 13.3. The van der Waals surface area contributed by atoms with Gasteiger partial charge >= 0.3 is 0 Å². The van der Waals surface area contributed by atoms with E-state index < -0.39 is 0 Å². The molecule has 2 heteroatoms. The summed E-state index contributed by atoms with van der Waals surface area (Å²) in [5.74, 6) is 0.0168. The van der Waals surface area contributed by atoms with Crippen LogP contribution in [0.5, 0.6) is 0 Å². The van der Waals surface area contributed by atoms with Crippen LogP contribution in [0.25, 0.3) is 0 Å². The molecule has 0 aliphatic rings. The molecular weight excluding hydrogens is 186 g/mol. The molecule has 0 spiro atoms. The standard InChI is InChI=1S/C13H17NO/c1-5-7-8-13(12(4)15)10-11(3)14-9-6-2/h5-10H,1H2,2-4H3/b8-7-,9-6-,13-10+,14-11-. The normalized spacial score (nSPS) is 13.8. The molecule has 0 atom stereocenters. The lowest BCUT2D eigenvalue weighted by atomic mass is 10.1. The Kier molecular flexibility index (Phi) is 6.81. The Bertz CT molecular complexity index is 344. The van der Waals surface area contributed by atoms with Gasteiger partial charge in [0.05, 0.1) is 0 Å². The second-order valence-electron chi connectivity index (χ2n) is 3.00. The van der Waals surface area contributed by atoms with E-state index in [4.69, 9.17) is 0 Å². The number of rotatable bonds is 5. The molecule has 0 saturated carbocycles. The molecule has 0 aromatic rings. The number of Topliss-reactive ketones (excluding diaryl/α,β-unsaturated/α-hetero) is 1. The number of ketones is 1. The van der Waals surface area contributed by atoms with Gasteiger partial charge in [0.2, 0.25) is 0 Å². The van der Waals surface area contributed by atoms with Crippen molar-refractivity contribution in [2.45, 2.75) is 20.8 Å². The average molecular weight is 203 g/mol. The minimum absolute atomic E-state index is 0.0168. The minimum atomic E-state index is 0.0168. The molecule has 0 aromatic carbocycles. The van der Waals surface area contributed by atoms with E-state index in [9.17, 15) is 4.79 Å². The van der Waals surface area contributed by atoms with Gasteiger partial charge in [-0.1, -0.05) is 30.9 Å². The molecule has 0 saturated heterocycles. The summed E-state index contributed by atoms with van der Waals surface area (Å²) in [6, 6.07) is 0. The zero-order valence-corrected chi connectivity index (χ0v) is 9.53. The molecule has 0 aliphatic carbocycles. The fourth-order valence-corrected chi connectivity index (χ4v) is 0.893. The summed E-state index contributed by atoms with van der Waals surface area (Å²) in [5.41, 5.74) is 1.42. The van der Waals surface area contributed by atoms with E-state index in [1.807, 2.05) is 19.9 Å². The molecule has 0 amide bonds. The van der Waals surface area contributed by atoms with Gasteiger partial charge in [-0.05, 0) is 26.8 Å². The molecule has 0 radical (unpaired) electrons. The maximum absolute atomic E-state index is 11.2. The van der Waals surface area contributed by atoms with E-state index >= 15 is 0 Å². The molecule has 80 valence electrons. The summed E-state index contributed by atoms with van der Waals surface area (Å²) in [6.07, 6.45) is 10.4. The highest BCUT2D eigenvalue weighted by Crippen LogP contribution is 2.00. The maximum Gasteiger partial charge on any atom is 0.159 e. The first-order chi connectivity index (χ1) is 7.11. The van der Waals surface area contributed by atoms with Crippen LogP contribution in [-0.4, -0.2) is 11.5 Å². The van der Waals surface area contributed by atoms with Crippen molar-refractivity contribution >= 4 is 11.5 Å². The first-order valence-electron chi connectivity index (χ1n) is 4.79. The van der Waals surface area contributed by atoms with Gasteiger partial charge in [-0.3, -0.25) is 9.79 Å². The fraction of sp³-hybridized carbons (Fsp3) is 0.231. The quantitative estimate of drug-likeness (QED) is 0.383. The largest absolute Gasteiger partial charge is 0.295 e. The third-order valence-electron chi connectivity index (χ3n) is 1.61. The van der Waals surface area contributed by atoms with Crippen molar-refractivity contribution in [1.82, 2.24) is 0 Å². The van der Waals surface area contributed by atoms with E-state index in [1.165, 1.54) is 6.92 Å². The van der Waals surface area contributed by atoms with Crippen molar-refractivity contribution in [3.05, 3.63) is 48.7 Å². The number of carbonyl (C=O) groups excluding carboxylic acids is 1. The predicted molar refractivity (Wildman–Crippen MR) is 66.0 cm³/mol. The van der Waals surface area contributed by atoms with Crippen molar-refractivity contribution < 1.29 is 4.79 Å². The summed E-state index contributed by atoms with van der Waals surface area (Å²) >= 11 is 0. The summed E-state index contributed by atoms with van der Waals surface area (Å²) in [5, 5.41) is 0. The van der Waals surface area contributed by atoms with Gasteiger partial charge in [-0.25, -0.2) is 0 Å². The first-order valence-corrected chi connectivity index (χ1v) is 4.79. The van der Waals surface area contributed by atoms with Crippen LogP contribution < -0.4 is 0 Å². The lowest BCUT2D eigenvalue weighted by molar-refractivity contribution is -0.113. The van der Waals surface area contributed by atoms with Gasteiger partial charge in [-0.15, -0.1) is 0 Å². The van der Waals surface area contributed by atoms with Crippen molar-refractivity contribution in [3.63, 3.8) is 0 Å². The Morgan fingerprint density at radius 1 is 1.33 bits per heavy atom. The van der Waals surface area contributed by atoms with Gasteiger partial charge in [0.25, 0.3) is 0 Å². The third-order valence-corrected chi connectivity index (χ3v) is 1.61. The zero-order chi connectivity index (χ0) is 11.7. The van der Waals surface area contributed by atoms with E-state index in [-0.39, 0.29) is 5.78 Å². The van der Waals surface area contributed by atoms with Gasteiger partial charge in [0, 0.05) is 17.5 Å². The van der Waals surface area contributed by atoms with Gasteiger partial charge in [-0.2, -0.15) is 0 Å². The summed E-state index contributed by atoms with van der Waals surface area (Å²) < 4.78 is 0. The maximum atomic E-state index is 11.2. The van der Waals surface area contributed by atoms with Crippen molar-refractivity contribution in [2.75, 3.05) is 0 Å². The van der Waals surface area contributed by atoms with E-state index in [2.05, 4.69) is 11.6 Å². The summed E-state index contributed by atoms with van der Waals surface area (Å²) in [6.45, 7) is 8.83. The number of nitrogens with zero attached hydrogens (tertiary/aromatic N) is 1. The molecule has 0 unspecified atom stereocenters. The highest BCUT2D eigenvalue weighted by atomic mass is 16.1. The molecule has 0 rings (SSSR count). The third kappa shape index (κ3) is 6.38. The van der Waals surface area contributed by atoms with Crippen LogP contribution in [0.3, 0.4) is 0 Å². The Labute approximate surface area is 91.4 Å². The van der Waals surface area contributed by atoms with Gasteiger partial charge in [0.1, 0.15) is 0 Å². The lowest BCUT2D eigenvalue weighted by Crippen LogP contribution is -1.96. The van der Waals surface area contributed by atoms with Crippen LogP contribution in [0, 0.1) is 0 Å². The van der Waals surface area contributed by atoms with Crippen LogP contribution in [0.1, 0.15) is 20.8 Å². The van der Waals surface area contributed by atoms with Gasteiger partial charge < -0.3 is 0 Å². The number of allylic oxidation sites excluding steroid dienone is 6. The topological polar surface area (TPSA) is 29.4 Å². The smallest absolute Gasteiger partial charge is 0.159 e. The Morgan fingerprint density at radius 2 is 2.00 bits per heavy atom. The number of carbonyl (C=O) groups is 1. The van der Waals surface area contributed by atoms with Crippen LogP contribution >= 0.6 is 0 Å². The van der Waals surface area contributed by atoms with Crippen LogP contribution in [-0.2, 0) is 4.79 Å². The Hall–Kier alpha value is -1.70. The highest BCUT2D eigenvalue weighted by molar-refractivity contribution is 6.04. The fourth-order valence-electron chi connectivity index (χ4n) is 0.893. The van der Waals surface area contributed by atoms with Crippen LogP contribution in [0.15, 0.2) is 53.7 Å². The molecular formula is C13H17NO. The van der Waals surface area contributed by atoms with E-state index in [0.29, 0.717) is 5.57 Å². The second kappa shape index (κ2) is 7.68. The van der Waals surface area contributed by atoms with Crippen molar-refractivity contribution in [2.24, 2.45) is 4.99 Å². The number of hydrogen-bond acceptors (Lipinski definition) is 2. The Morgan fingerprint density at radius 3 is 2.47 bits per heavy atom. The molecule has 0 N–H and O–H groups in total. The van der Waals surface area contributed by atoms with Crippen LogP contribution in [0.2, 0.25) is 0 Å². The zero-order valence-electron chi connectivity index (χ0n) is 9.53. The summed E-state index contributed by atoms with van der Waals surface area (Å²) in [7, 11) is 0. The molecule has 0 aromatic heterocycles. The molecule has 0 heterocycles. The second-order valence-corrected chi connectivity index (χ2v) is 3.00. The molecule has 15 heavy (non-hydrogen) atoms. The van der Waals surface area contributed by atoms with Crippen LogP contribution in [0.4, 0.5) is 0 Å².